The summed E-state index contributed by atoms with van der Waals surface area (Å²) in [7, 11) is 1.99. The maximum atomic E-state index is 6.25. The first kappa shape index (κ1) is 10.1. The third-order valence-corrected chi connectivity index (χ3v) is 4.53. The van der Waals surface area contributed by atoms with Gasteiger partial charge in [-0.2, -0.15) is 0 Å². The van der Waals surface area contributed by atoms with Gasteiger partial charge < -0.3 is 10.3 Å². The lowest BCUT2D eigenvalue weighted by molar-refractivity contribution is 0.725. The van der Waals surface area contributed by atoms with E-state index in [1.165, 1.54) is 34.6 Å². The van der Waals surface area contributed by atoms with E-state index < -0.39 is 0 Å². The monoisotopic (exact) mass is 233 g/mol. The predicted molar refractivity (Wildman–Crippen MR) is 65.6 cm³/mol. The molecule has 1 aliphatic rings. The van der Waals surface area contributed by atoms with E-state index >= 15 is 0 Å². The number of hydrogen-bond acceptors (Lipinski definition) is 3. The Kier molecular flexibility index (Phi) is 2.33. The lowest BCUT2D eigenvalue weighted by Crippen LogP contribution is -2.15. The van der Waals surface area contributed by atoms with Crippen LogP contribution in [0.4, 0.5) is 0 Å². The highest BCUT2D eigenvalue weighted by molar-refractivity contribution is 7.12. The molecule has 4 heteroatoms. The van der Waals surface area contributed by atoms with Gasteiger partial charge in [0.05, 0.1) is 6.04 Å². The summed E-state index contributed by atoms with van der Waals surface area (Å²) in [5.41, 5.74) is 7.75. The molecule has 0 aromatic carbocycles. The molecule has 0 saturated carbocycles. The van der Waals surface area contributed by atoms with Crippen molar-refractivity contribution in [2.45, 2.75) is 25.3 Å². The Morgan fingerprint density at radius 2 is 2.38 bits per heavy atom. The summed E-state index contributed by atoms with van der Waals surface area (Å²) in [6.45, 7) is 0. The van der Waals surface area contributed by atoms with Gasteiger partial charge in [0, 0.05) is 29.2 Å². The minimum Gasteiger partial charge on any atom is -0.336 e. The van der Waals surface area contributed by atoms with E-state index in [0.29, 0.717) is 0 Å². The third-order valence-electron chi connectivity index (χ3n) is 3.21. The van der Waals surface area contributed by atoms with Gasteiger partial charge in [-0.1, -0.05) is 0 Å². The van der Waals surface area contributed by atoms with Crippen LogP contribution >= 0.6 is 11.3 Å². The van der Waals surface area contributed by atoms with E-state index in [9.17, 15) is 0 Å². The fourth-order valence-corrected chi connectivity index (χ4v) is 3.57. The molecule has 0 spiro atoms. The molecule has 0 amide bonds. The maximum absolute atomic E-state index is 6.25. The zero-order chi connectivity index (χ0) is 11.1. The summed E-state index contributed by atoms with van der Waals surface area (Å²) < 4.78 is 2.00. The predicted octanol–water partition coefficient (Wildman–Crippen LogP) is 2.02. The average molecular weight is 233 g/mol. The summed E-state index contributed by atoms with van der Waals surface area (Å²) in [6.07, 6.45) is 7.50. The van der Waals surface area contributed by atoms with Crippen molar-refractivity contribution in [3.63, 3.8) is 0 Å². The normalized spacial score (nSPS) is 16.4. The zero-order valence-corrected chi connectivity index (χ0v) is 10.1. The highest BCUT2D eigenvalue weighted by atomic mass is 32.1. The Labute approximate surface area is 98.9 Å². The summed E-state index contributed by atoms with van der Waals surface area (Å²) in [5, 5.41) is 0. The number of fused-ring (bicyclic) bond motifs is 1. The van der Waals surface area contributed by atoms with Crippen LogP contribution in [0.2, 0.25) is 0 Å². The van der Waals surface area contributed by atoms with Crippen LogP contribution < -0.4 is 5.73 Å². The SMILES string of the molecule is Cn1ccnc1C(N)c1cc2c(s1)CCC2. The molecule has 0 fully saturated rings. The molecule has 0 radical (unpaired) electrons. The minimum absolute atomic E-state index is 0.0735. The number of thiophene rings is 1. The average Bonchev–Trinajstić information content (AvgIpc) is 2.89. The molecular weight excluding hydrogens is 218 g/mol. The molecule has 1 atom stereocenters. The molecular formula is C12H15N3S. The van der Waals surface area contributed by atoms with Gasteiger partial charge in [0.1, 0.15) is 5.82 Å². The van der Waals surface area contributed by atoms with E-state index in [0.717, 1.165) is 5.82 Å². The summed E-state index contributed by atoms with van der Waals surface area (Å²) >= 11 is 1.86. The van der Waals surface area contributed by atoms with Crippen LogP contribution in [0.15, 0.2) is 18.5 Å². The Hall–Kier alpha value is -1.13. The molecule has 0 bridgehead atoms. The van der Waals surface area contributed by atoms with Crippen molar-refractivity contribution in [3.05, 3.63) is 39.6 Å². The third kappa shape index (κ3) is 1.49. The molecule has 1 unspecified atom stereocenters. The van der Waals surface area contributed by atoms with Gasteiger partial charge in [0.15, 0.2) is 0 Å². The minimum atomic E-state index is -0.0735. The van der Waals surface area contributed by atoms with E-state index in [1.807, 2.05) is 29.1 Å². The molecule has 3 nitrogen and oxygen atoms in total. The van der Waals surface area contributed by atoms with E-state index in [-0.39, 0.29) is 6.04 Å². The Morgan fingerprint density at radius 1 is 1.50 bits per heavy atom. The van der Waals surface area contributed by atoms with Crippen molar-refractivity contribution in [3.8, 4) is 0 Å². The van der Waals surface area contributed by atoms with Crippen molar-refractivity contribution in [2.24, 2.45) is 12.8 Å². The van der Waals surface area contributed by atoms with Crippen molar-refractivity contribution in [1.29, 1.82) is 0 Å². The first-order valence-corrected chi connectivity index (χ1v) is 6.41. The number of imidazole rings is 1. The Morgan fingerprint density at radius 3 is 3.06 bits per heavy atom. The van der Waals surface area contributed by atoms with Gasteiger partial charge in [-0.05, 0) is 30.9 Å². The first-order chi connectivity index (χ1) is 7.75. The number of hydrogen-bond donors (Lipinski definition) is 1. The lowest BCUT2D eigenvalue weighted by atomic mass is 10.2. The van der Waals surface area contributed by atoms with Crippen LogP contribution in [0.1, 0.15) is 33.6 Å². The molecule has 0 aliphatic heterocycles. The molecule has 2 N–H and O–H groups in total. The number of nitrogens with zero attached hydrogens (tertiary/aromatic N) is 2. The molecule has 2 aromatic heterocycles. The van der Waals surface area contributed by atoms with Gasteiger partial charge in [-0.25, -0.2) is 4.98 Å². The molecule has 3 rings (SSSR count). The van der Waals surface area contributed by atoms with Crippen molar-refractivity contribution in [2.75, 3.05) is 0 Å². The zero-order valence-electron chi connectivity index (χ0n) is 9.31. The molecule has 1 aliphatic carbocycles. The Bertz CT molecular complexity index is 491. The first-order valence-electron chi connectivity index (χ1n) is 5.60. The van der Waals surface area contributed by atoms with Crippen LogP contribution in [-0.4, -0.2) is 9.55 Å². The van der Waals surface area contributed by atoms with Crippen LogP contribution in [0.25, 0.3) is 0 Å². The van der Waals surface area contributed by atoms with E-state index in [4.69, 9.17) is 5.73 Å². The number of aryl methyl sites for hydroxylation is 3. The van der Waals surface area contributed by atoms with Crippen molar-refractivity contribution < 1.29 is 0 Å². The lowest BCUT2D eigenvalue weighted by Gasteiger charge is -2.09. The standard InChI is InChI=1S/C12H15N3S/c1-15-6-5-14-12(15)11(13)10-7-8-3-2-4-9(8)16-10/h5-7,11H,2-4,13H2,1H3. The van der Waals surface area contributed by atoms with Crippen molar-refractivity contribution in [1.82, 2.24) is 9.55 Å². The van der Waals surface area contributed by atoms with Gasteiger partial charge in [0.2, 0.25) is 0 Å². The Balaban J connectivity index is 1.95. The number of aromatic nitrogens is 2. The quantitative estimate of drug-likeness (QED) is 0.862. The second-order valence-electron chi connectivity index (χ2n) is 4.32. The second-order valence-corrected chi connectivity index (χ2v) is 5.49. The molecule has 0 saturated heterocycles. The summed E-state index contributed by atoms with van der Waals surface area (Å²) in [4.78, 5) is 7.10. The van der Waals surface area contributed by atoms with E-state index in [2.05, 4.69) is 11.1 Å². The van der Waals surface area contributed by atoms with Gasteiger partial charge in [-0.3, -0.25) is 0 Å². The topological polar surface area (TPSA) is 43.8 Å². The molecule has 16 heavy (non-hydrogen) atoms. The largest absolute Gasteiger partial charge is 0.336 e. The van der Waals surface area contributed by atoms with Gasteiger partial charge in [-0.15, -0.1) is 11.3 Å². The highest BCUT2D eigenvalue weighted by Gasteiger charge is 2.20. The number of rotatable bonds is 2. The van der Waals surface area contributed by atoms with Gasteiger partial charge >= 0.3 is 0 Å². The fraction of sp³-hybridized carbons (Fsp3) is 0.417. The van der Waals surface area contributed by atoms with Gasteiger partial charge in [0.25, 0.3) is 0 Å². The van der Waals surface area contributed by atoms with E-state index in [1.54, 1.807) is 6.20 Å². The molecule has 2 aromatic rings. The van der Waals surface area contributed by atoms with Crippen LogP contribution in [0.3, 0.4) is 0 Å². The number of nitrogens with two attached hydrogens (primary N) is 1. The summed E-state index contributed by atoms with van der Waals surface area (Å²) in [5.74, 6) is 0.944. The van der Waals surface area contributed by atoms with Crippen LogP contribution in [0, 0.1) is 0 Å². The molecule has 2 heterocycles. The second kappa shape index (κ2) is 3.71. The van der Waals surface area contributed by atoms with Crippen LogP contribution in [-0.2, 0) is 19.9 Å². The fourth-order valence-electron chi connectivity index (χ4n) is 2.31. The molecule has 84 valence electrons. The van der Waals surface area contributed by atoms with Crippen molar-refractivity contribution >= 4 is 11.3 Å². The maximum Gasteiger partial charge on any atom is 0.130 e. The highest BCUT2D eigenvalue weighted by Crippen LogP contribution is 2.34. The smallest absolute Gasteiger partial charge is 0.130 e. The summed E-state index contributed by atoms with van der Waals surface area (Å²) in [6, 6.07) is 2.20. The van der Waals surface area contributed by atoms with Crippen LogP contribution in [0.5, 0.6) is 0 Å².